The van der Waals surface area contributed by atoms with Crippen LogP contribution < -0.4 is 10.1 Å². The van der Waals surface area contributed by atoms with Crippen molar-refractivity contribution in [3.63, 3.8) is 0 Å². The van der Waals surface area contributed by atoms with Crippen LogP contribution in [0.15, 0.2) is 60.7 Å². The summed E-state index contributed by atoms with van der Waals surface area (Å²) >= 11 is 7.88. The van der Waals surface area contributed by atoms with E-state index in [0.29, 0.717) is 38.9 Å². The molecule has 3 aromatic carbocycles. The molecule has 1 amide bonds. The van der Waals surface area contributed by atoms with Crippen LogP contribution in [0, 0.1) is 17.1 Å². The highest BCUT2D eigenvalue weighted by Gasteiger charge is 2.32. The van der Waals surface area contributed by atoms with Gasteiger partial charge in [0, 0.05) is 34.3 Å². The molecule has 0 atom stereocenters. The third-order valence-corrected chi connectivity index (χ3v) is 9.21. The van der Waals surface area contributed by atoms with Crippen molar-refractivity contribution in [1.82, 2.24) is 10.2 Å². The molecule has 8 heteroatoms. The number of nitrogens with zero attached hydrogens (tertiary/aromatic N) is 2. The Morgan fingerprint density at radius 3 is 2.49 bits per heavy atom. The number of hydrogen-bond donors (Lipinski definition) is 1. The normalized spacial score (nSPS) is 17.1. The first-order chi connectivity index (χ1) is 18.9. The lowest BCUT2D eigenvalue weighted by atomic mass is 9.89. The van der Waals surface area contributed by atoms with Gasteiger partial charge in [0.1, 0.15) is 16.4 Å². The SMILES string of the molecule is CNC1CCC(N(Cc2cc(-c3ccc(C#N)cc3)ccc2OC)C(=O)c2sc3cccc(F)c3c2Cl)CC1. The Bertz CT molecular complexity index is 1540. The summed E-state index contributed by atoms with van der Waals surface area (Å²) in [6.07, 6.45) is 3.63. The number of amides is 1. The number of thiophene rings is 1. The molecule has 4 aromatic rings. The van der Waals surface area contributed by atoms with Gasteiger partial charge in [0.15, 0.2) is 0 Å². The van der Waals surface area contributed by atoms with Crippen molar-refractivity contribution in [3.05, 3.63) is 87.5 Å². The monoisotopic (exact) mass is 561 g/mol. The number of nitriles is 1. The maximum Gasteiger partial charge on any atom is 0.266 e. The van der Waals surface area contributed by atoms with Gasteiger partial charge in [0.25, 0.3) is 5.91 Å². The van der Waals surface area contributed by atoms with E-state index >= 15 is 0 Å². The van der Waals surface area contributed by atoms with Gasteiger partial charge in [-0.1, -0.05) is 35.9 Å². The smallest absolute Gasteiger partial charge is 0.266 e. The lowest BCUT2D eigenvalue weighted by Crippen LogP contribution is -2.44. The first-order valence-electron chi connectivity index (χ1n) is 13.0. The number of methoxy groups -OCH3 is 1. The predicted octanol–water partition coefficient (Wildman–Crippen LogP) is 7.41. The van der Waals surface area contributed by atoms with Crippen LogP contribution in [0.4, 0.5) is 4.39 Å². The molecule has 5 rings (SSSR count). The van der Waals surface area contributed by atoms with Crippen molar-refractivity contribution in [2.24, 2.45) is 0 Å². The average molecular weight is 562 g/mol. The minimum absolute atomic E-state index is 0.0106. The molecule has 0 radical (unpaired) electrons. The molecule has 200 valence electrons. The van der Waals surface area contributed by atoms with Crippen molar-refractivity contribution in [2.75, 3.05) is 14.2 Å². The Labute approximate surface area is 236 Å². The lowest BCUT2D eigenvalue weighted by molar-refractivity contribution is 0.0604. The molecule has 5 nitrogen and oxygen atoms in total. The van der Waals surface area contributed by atoms with Crippen LogP contribution in [0.3, 0.4) is 0 Å². The fourth-order valence-electron chi connectivity index (χ4n) is 5.38. The lowest BCUT2D eigenvalue weighted by Gasteiger charge is -2.37. The highest BCUT2D eigenvalue weighted by molar-refractivity contribution is 7.21. The maximum atomic E-state index is 14.6. The van der Waals surface area contributed by atoms with Crippen LogP contribution >= 0.6 is 22.9 Å². The first-order valence-corrected chi connectivity index (χ1v) is 14.1. The zero-order valence-electron chi connectivity index (χ0n) is 21.8. The van der Waals surface area contributed by atoms with Crippen molar-refractivity contribution >= 4 is 38.9 Å². The Kier molecular flexibility index (Phi) is 8.18. The van der Waals surface area contributed by atoms with Gasteiger partial charge < -0.3 is 15.0 Å². The minimum Gasteiger partial charge on any atom is -0.496 e. The summed E-state index contributed by atoms with van der Waals surface area (Å²) < 4.78 is 21.0. The van der Waals surface area contributed by atoms with Gasteiger partial charge in [-0.2, -0.15) is 5.26 Å². The summed E-state index contributed by atoms with van der Waals surface area (Å²) in [7, 11) is 3.59. The van der Waals surface area contributed by atoms with Crippen LogP contribution in [0.1, 0.15) is 46.5 Å². The molecular formula is C31H29ClFN3O2S. The Balaban J connectivity index is 1.53. The number of nitrogens with one attached hydrogen (secondary N) is 1. The van der Waals surface area contributed by atoms with E-state index in [-0.39, 0.29) is 17.0 Å². The van der Waals surface area contributed by atoms with Gasteiger partial charge in [-0.05, 0) is 80.3 Å². The molecule has 1 saturated carbocycles. The van der Waals surface area contributed by atoms with E-state index in [9.17, 15) is 9.18 Å². The molecule has 1 aliphatic carbocycles. The quantitative estimate of drug-likeness (QED) is 0.255. The van der Waals surface area contributed by atoms with Crippen LogP contribution in [-0.4, -0.2) is 37.0 Å². The minimum atomic E-state index is -0.425. The number of rotatable bonds is 7. The van der Waals surface area contributed by atoms with Crippen molar-refractivity contribution in [3.8, 4) is 22.9 Å². The molecule has 39 heavy (non-hydrogen) atoms. The molecule has 1 aliphatic rings. The number of carbonyl (C=O) groups is 1. The van der Waals surface area contributed by atoms with E-state index in [1.807, 2.05) is 42.3 Å². The summed E-state index contributed by atoms with van der Waals surface area (Å²) in [6, 6.07) is 20.7. The number of carbonyl (C=O) groups excluding carboxylic acids is 1. The first kappa shape index (κ1) is 27.1. The zero-order chi connectivity index (χ0) is 27.5. The maximum absolute atomic E-state index is 14.6. The van der Waals surface area contributed by atoms with Gasteiger partial charge in [-0.25, -0.2) is 4.39 Å². The van der Waals surface area contributed by atoms with Gasteiger partial charge in [0.05, 0.1) is 23.8 Å². The van der Waals surface area contributed by atoms with E-state index in [4.69, 9.17) is 21.6 Å². The van der Waals surface area contributed by atoms with Gasteiger partial charge in [-0.3, -0.25) is 4.79 Å². The second-order valence-electron chi connectivity index (χ2n) is 9.80. The number of halogens is 2. The fraction of sp³-hybridized carbons (Fsp3) is 0.290. The third kappa shape index (κ3) is 5.51. The van der Waals surface area contributed by atoms with Gasteiger partial charge >= 0.3 is 0 Å². The van der Waals surface area contributed by atoms with Crippen molar-refractivity contribution in [2.45, 2.75) is 44.3 Å². The van der Waals surface area contributed by atoms with Crippen LogP contribution in [-0.2, 0) is 6.54 Å². The van der Waals surface area contributed by atoms with E-state index in [0.717, 1.165) is 42.4 Å². The Morgan fingerprint density at radius 2 is 1.85 bits per heavy atom. The molecule has 0 spiro atoms. The van der Waals surface area contributed by atoms with E-state index in [1.54, 1.807) is 31.4 Å². The molecule has 1 aromatic heterocycles. The summed E-state index contributed by atoms with van der Waals surface area (Å²) in [5, 5.41) is 13.0. The molecule has 0 saturated heterocycles. The van der Waals surface area contributed by atoms with E-state index < -0.39 is 5.82 Å². The fourth-order valence-corrected chi connectivity index (χ4v) is 6.89. The number of fused-ring (bicyclic) bond motifs is 1. The molecular weight excluding hydrogens is 533 g/mol. The molecule has 1 fully saturated rings. The molecule has 1 N–H and O–H groups in total. The number of ether oxygens (including phenoxy) is 1. The van der Waals surface area contributed by atoms with Crippen LogP contribution in [0.25, 0.3) is 21.2 Å². The Morgan fingerprint density at radius 1 is 1.13 bits per heavy atom. The number of hydrogen-bond acceptors (Lipinski definition) is 5. The van der Waals surface area contributed by atoms with Gasteiger partial charge in [-0.15, -0.1) is 11.3 Å². The highest BCUT2D eigenvalue weighted by atomic mass is 35.5. The molecule has 0 bridgehead atoms. The number of benzene rings is 3. The molecule has 0 unspecified atom stereocenters. The second-order valence-corrected chi connectivity index (χ2v) is 11.2. The van der Waals surface area contributed by atoms with Crippen molar-refractivity contribution < 1.29 is 13.9 Å². The van der Waals surface area contributed by atoms with E-state index in [1.165, 1.54) is 17.4 Å². The predicted molar refractivity (Wildman–Crippen MR) is 155 cm³/mol. The van der Waals surface area contributed by atoms with Gasteiger partial charge in [0.2, 0.25) is 0 Å². The zero-order valence-corrected chi connectivity index (χ0v) is 23.4. The summed E-state index contributed by atoms with van der Waals surface area (Å²) in [5.74, 6) is 0.0626. The largest absolute Gasteiger partial charge is 0.496 e. The summed E-state index contributed by atoms with van der Waals surface area (Å²) in [4.78, 5) is 16.4. The summed E-state index contributed by atoms with van der Waals surface area (Å²) in [5.41, 5.74) is 3.39. The van der Waals surface area contributed by atoms with E-state index in [2.05, 4.69) is 11.4 Å². The average Bonchev–Trinajstić information content (AvgIpc) is 3.32. The standard InChI is InChI=1S/C31H29ClFN3O2S/c1-35-23-11-13-24(14-12-23)36(31(37)30-29(32)28-25(33)4-3-5-27(28)39-30)18-22-16-21(10-15-26(22)38-2)20-8-6-19(17-34)7-9-20/h3-10,15-16,23-24,35H,11-14,18H2,1-2H3. The van der Waals surface area contributed by atoms with Crippen molar-refractivity contribution in [1.29, 1.82) is 5.26 Å². The second kappa shape index (κ2) is 11.7. The molecule has 0 aliphatic heterocycles. The third-order valence-electron chi connectivity index (χ3n) is 7.58. The Hall–Kier alpha value is -3.44. The topological polar surface area (TPSA) is 65.4 Å². The molecule has 1 heterocycles. The van der Waals surface area contributed by atoms with Crippen LogP contribution in [0.2, 0.25) is 5.02 Å². The highest BCUT2D eigenvalue weighted by Crippen LogP contribution is 2.39. The van der Waals surface area contributed by atoms with Crippen LogP contribution in [0.5, 0.6) is 5.75 Å². The summed E-state index contributed by atoms with van der Waals surface area (Å²) in [6.45, 7) is 0.327.